The van der Waals surface area contributed by atoms with Gasteiger partial charge in [-0.15, -0.1) is 0 Å². The monoisotopic (exact) mass is 406 g/mol. The van der Waals surface area contributed by atoms with Crippen molar-refractivity contribution in [3.8, 4) is 22.3 Å². The molecule has 154 valence electrons. The van der Waals surface area contributed by atoms with Gasteiger partial charge in [-0.1, -0.05) is 91.0 Å². The second-order valence-corrected chi connectivity index (χ2v) is 9.28. The summed E-state index contributed by atoms with van der Waals surface area (Å²) in [6, 6.07) is 32.2. The van der Waals surface area contributed by atoms with Crippen LogP contribution in [0.15, 0.2) is 91.0 Å². The molecule has 1 fully saturated rings. The van der Waals surface area contributed by atoms with Crippen LogP contribution in [-0.4, -0.2) is 18.3 Å². The van der Waals surface area contributed by atoms with Gasteiger partial charge in [-0.3, -0.25) is 0 Å². The second kappa shape index (κ2) is 7.37. The van der Waals surface area contributed by atoms with Crippen LogP contribution in [0.3, 0.4) is 0 Å². The van der Waals surface area contributed by atoms with Crippen LogP contribution in [0.4, 0.5) is 0 Å². The van der Waals surface area contributed by atoms with Gasteiger partial charge in [0.05, 0.1) is 11.2 Å². The molecular weight excluding hydrogens is 379 g/mol. The highest BCUT2D eigenvalue weighted by atomic mass is 16.7. The predicted octanol–water partition coefficient (Wildman–Crippen LogP) is 6.47. The molecule has 5 rings (SSSR count). The quantitative estimate of drug-likeness (QED) is 0.363. The molecule has 0 amide bonds. The maximum absolute atomic E-state index is 6.33. The highest BCUT2D eigenvalue weighted by Crippen LogP contribution is 2.37. The fourth-order valence-electron chi connectivity index (χ4n) is 4.24. The maximum Gasteiger partial charge on any atom is 0.495 e. The first-order valence-electron chi connectivity index (χ1n) is 10.9. The Hall–Kier alpha value is -2.88. The smallest absolute Gasteiger partial charge is 0.399 e. The third-order valence-electron chi connectivity index (χ3n) is 6.76. The van der Waals surface area contributed by atoms with Crippen LogP contribution in [0.25, 0.3) is 33.0 Å². The molecule has 31 heavy (non-hydrogen) atoms. The molecule has 0 N–H and O–H groups in total. The molecule has 1 heterocycles. The van der Waals surface area contributed by atoms with Crippen molar-refractivity contribution in [1.82, 2.24) is 0 Å². The van der Waals surface area contributed by atoms with Gasteiger partial charge in [0.15, 0.2) is 0 Å². The van der Waals surface area contributed by atoms with Gasteiger partial charge in [-0.2, -0.15) is 0 Å². The van der Waals surface area contributed by atoms with E-state index in [9.17, 15) is 0 Å². The topological polar surface area (TPSA) is 18.5 Å². The molecule has 1 saturated heterocycles. The van der Waals surface area contributed by atoms with Crippen LogP contribution in [0.2, 0.25) is 0 Å². The molecule has 0 aliphatic carbocycles. The first kappa shape index (κ1) is 20.1. The minimum Gasteiger partial charge on any atom is -0.399 e. The van der Waals surface area contributed by atoms with Gasteiger partial charge in [-0.05, 0) is 66.2 Å². The van der Waals surface area contributed by atoms with E-state index < -0.39 is 0 Å². The molecule has 0 unspecified atom stereocenters. The lowest BCUT2D eigenvalue weighted by molar-refractivity contribution is 0.00578. The van der Waals surface area contributed by atoms with Crippen molar-refractivity contribution in [3.05, 3.63) is 91.0 Å². The van der Waals surface area contributed by atoms with Gasteiger partial charge in [0.1, 0.15) is 0 Å². The highest BCUT2D eigenvalue weighted by molar-refractivity contribution is 6.63. The van der Waals surface area contributed by atoms with E-state index in [4.69, 9.17) is 9.31 Å². The third kappa shape index (κ3) is 3.48. The minimum atomic E-state index is -0.376. The zero-order valence-corrected chi connectivity index (χ0v) is 18.6. The Bertz CT molecular complexity index is 1220. The molecule has 1 aliphatic heterocycles. The maximum atomic E-state index is 6.33. The summed E-state index contributed by atoms with van der Waals surface area (Å²) in [7, 11) is -0.376. The van der Waals surface area contributed by atoms with Crippen LogP contribution in [-0.2, 0) is 9.31 Å². The standard InChI is InChI=1S/C28H27BO2/c1-27(2)28(3,4)31-29(30-27)26-15-8-7-13-25(26)22-18-16-21(17-19-22)24-14-9-11-20-10-5-6-12-23(20)24/h5-19H,1-4H3. The zero-order valence-electron chi connectivity index (χ0n) is 18.6. The Morgan fingerprint density at radius 1 is 0.548 bits per heavy atom. The van der Waals surface area contributed by atoms with E-state index in [2.05, 4.69) is 113 Å². The molecular formula is C28H27BO2. The van der Waals surface area contributed by atoms with Crippen LogP contribution in [0.1, 0.15) is 27.7 Å². The average molecular weight is 406 g/mol. The molecule has 1 aliphatic rings. The van der Waals surface area contributed by atoms with Crippen molar-refractivity contribution in [2.45, 2.75) is 38.9 Å². The van der Waals surface area contributed by atoms with E-state index in [1.54, 1.807) is 0 Å². The number of rotatable bonds is 3. The van der Waals surface area contributed by atoms with Crippen molar-refractivity contribution in [2.24, 2.45) is 0 Å². The van der Waals surface area contributed by atoms with Gasteiger partial charge >= 0.3 is 7.12 Å². The number of fused-ring (bicyclic) bond motifs is 1. The second-order valence-electron chi connectivity index (χ2n) is 9.28. The third-order valence-corrected chi connectivity index (χ3v) is 6.76. The molecule has 0 aromatic heterocycles. The molecule has 0 radical (unpaired) electrons. The van der Waals surface area contributed by atoms with Crippen molar-refractivity contribution in [3.63, 3.8) is 0 Å². The van der Waals surface area contributed by atoms with Gasteiger partial charge in [0.2, 0.25) is 0 Å². The molecule has 0 atom stereocenters. The summed E-state index contributed by atoms with van der Waals surface area (Å²) in [5.41, 5.74) is 5.13. The molecule has 0 spiro atoms. The van der Waals surface area contributed by atoms with E-state index in [-0.39, 0.29) is 18.3 Å². The van der Waals surface area contributed by atoms with Gasteiger partial charge in [0, 0.05) is 0 Å². The summed E-state index contributed by atoms with van der Waals surface area (Å²) in [6.45, 7) is 8.37. The van der Waals surface area contributed by atoms with Crippen molar-refractivity contribution in [2.75, 3.05) is 0 Å². The largest absolute Gasteiger partial charge is 0.495 e. The van der Waals surface area contributed by atoms with E-state index in [1.165, 1.54) is 21.9 Å². The van der Waals surface area contributed by atoms with Crippen molar-refractivity contribution < 1.29 is 9.31 Å². The Labute approximate surface area is 185 Å². The predicted molar refractivity (Wildman–Crippen MR) is 131 cm³/mol. The lowest BCUT2D eigenvalue weighted by atomic mass is 9.74. The van der Waals surface area contributed by atoms with Crippen LogP contribution in [0.5, 0.6) is 0 Å². The highest BCUT2D eigenvalue weighted by Gasteiger charge is 2.52. The average Bonchev–Trinajstić information content (AvgIpc) is 3.00. The molecule has 0 saturated carbocycles. The summed E-state index contributed by atoms with van der Waals surface area (Å²) in [5, 5.41) is 2.53. The Morgan fingerprint density at radius 3 is 1.77 bits per heavy atom. The van der Waals surface area contributed by atoms with Gasteiger partial charge in [-0.25, -0.2) is 0 Å². The lowest BCUT2D eigenvalue weighted by Crippen LogP contribution is -2.41. The summed E-state index contributed by atoms with van der Waals surface area (Å²) in [5.74, 6) is 0. The first-order valence-corrected chi connectivity index (χ1v) is 10.9. The first-order chi connectivity index (χ1) is 14.9. The van der Waals surface area contributed by atoms with E-state index >= 15 is 0 Å². The number of benzene rings is 4. The fraction of sp³-hybridized carbons (Fsp3) is 0.214. The molecule has 4 aromatic rings. The lowest BCUT2D eigenvalue weighted by Gasteiger charge is -2.32. The molecule has 4 aromatic carbocycles. The molecule has 0 bridgehead atoms. The fourth-order valence-corrected chi connectivity index (χ4v) is 4.24. The van der Waals surface area contributed by atoms with Crippen molar-refractivity contribution >= 4 is 23.4 Å². The van der Waals surface area contributed by atoms with Gasteiger partial charge < -0.3 is 9.31 Å². The molecule has 3 heteroatoms. The Balaban J connectivity index is 1.52. The van der Waals surface area contributed by atoms with E-state index in [1.807, 2.05) is 6.07 Å². The minimum absolute atomic E-state index is 0.358. The van der Waals surface area contributed by atoms with Crippen LogP contribution in [0, 0.1) is 0 Å². The van der Waals surface area contributed by atoms with E-state index in [0.717, 1.165) is 16.6 Å². The normalized spacial score (nSPS) is 17.2. The van der Waals surface area contributed by atoms with Crippen LogP contribution < -0.4 is 5.46 Å². The molecule has 2 nitrogen and oxygen atoms in total. The summed E-state index contributed by atoms with van der Waals surface area (Å²) in [4.78, 5) is 0. The SMILES string of the molecule is CC1(C)OB(c2ccccc2-c2ccc(-c3cccc4ccccc34)cc2)OC1(C)C. The van der Waals surface area contributed by atoms with Crippen LogP contribution >= 0.6 is 0 Å². The van der Waals surface area contributed by atoms with Gasteiger partial charge in [0.25, 0.3) is 0 Å². The zero-order chi connectivity index (χ0) is 21.6. The number of hydrogen-bond acceptors (Lipinski definition) is 2. The Kier molecular flexibility index (Phi) is 4.77. The summed E-state index contributed by atoms with van der Waals surface area (Å²) < 4.78 is 12.7. The number of hydrogen-bond donors (Lipinski definition) is 0. The van der Waals surface area contributed by atoms with E-state index in [0.29, 0.717) is 0 Å². The summed E-state index contributed by atoms with van der Waals surface area (Å²) in [6.07, 6.45) is 0. The Morgan fingerprint density at radius 2 is 1.06 bits per heavy atom. The van der Waals surface area contributed by atoms with Crippen molar-refractivity contribution in [1.29, 1.82) is 0 Å². The summed E-state index contributed by atoms with van der Waals surface area (Å²) >= 11 is 0.